The molecule has 0 bridgehead atoms. The highest BCUT2D eigenvalue weighted by molar-refractivity contribution is 14.2. The van der Waals surface area contributed by atoms with E-state index in [0.717, 1.165) is 32.3 Å². The van der Waals surface area contributed by atoms with E-state index in [0.29, 0.717) is 5.75 Å². The van der Waals surface area contributed by atoms with Crippen molar-refractivity contribution in [2.24, 2.45) is 0 Å². The van der Waals surface area contributed by atoms with Crippen LogP contribution in [0.2, 0.25) is 0 Å². The first-order valence-corrected chi connectivity index (χ1v) is 14.0. The lowest BCUT2D eigenvalue weighted by Crippen LogP contribution is -2.19. The van der Waals surface area contributed by atoms with Crippen molar-refractivity contribution in [1.82, 2.24) is 0 Å². The molecule has 1 aliphatic heterocycles. The molecule has 0 aliphatic carbocycles. The number of phenolic OH excluding ortho intramolecular Hbond substituents is 2. The van der Waals surface area contributed by atoms with Crippen LogP contribution in [0.1, 0.15) is 28.0 Å². The first-order valence-electron chi connectivity index (χ1n) is 8.86. The number of fused-ring (bicyclic) bond motifs is 1. The van der Waals surface area contributed by atoms with Gasteiger partial charge in [-0.15, -0.1) is 11.8 Å². The lowest BCUT2D eigenvalue weighted by Gasteiger charge is -2.34. The van der Waals surface area contributed by atoms with Gasteiger partial charge in [-0.2, -0.15) is 0 Å². The van der Waals surface area contributed by atoms with Gasteiger partial charge in [0.05, 0.1) is 10.1 Å². The summed E-state index contributed by atoms with van der Waals surface area (Å²) in [6, 6.07) is 20.9. The molecule has 3 aromatic carbocycles. The molecule has 0 aromatic heterocycles. The van der Waals surface area contributed by atoms with Crippen LogP contribution in [0.5, 0.6) is 17.2 Å². The summed E-state index contributed by atoms with van der Waals surface area (Å²) in [7, 11) is 0. The second-order valence-corrected chi connectivity index (χ2v) is 11.5. The maximum Gasteiger partial charge on any atom is 0.293 e. The molecule has 4 rings (SSSR count). The number of thioether (sulfide) groups is 1. The second kappa shape index (κ2) is 9.92. The van der Waals surface area contributed by atoms with E-state index < -0.39 is 0 Å². The predicted octanol–water partition coefficient (Wildman–Crippen LogP) is 7.12. The van der Waals surface area contributed by atoms with Crippen molar-refractivity contribution in [2.75, 3.05) is 0 Å². The van der Waals surface area contributed by atoms with Crippen molar-refractivity contribution in [3.63, 3.8) is 0 Å². The van der Waals surface area contributed by atoms with E-state index in [9.17, 15) is 5.11 Å². The molecule has 2 atom stereocenters. The molecule has 0 fully saturated rings. The Kier molecular flexibility index (Phi) is 7.07. The molecule has 3 nitrogen and oxygen atoms in total. The zero-order chi connectivity index (χ0) is 20.8. The van der Waals surface area contributed by atoms with Gasteiger partial charge in [-0.3, -0.25) is 0 Å². The lowest BCUT2D eigenvalue weighted by atomic mass is 10.00. The van der Waals surface area contributed by atoms with E-state index in [2.05, 4.69) is 64.1 Å². The van der Waals surface area contributed by atoms with Gasteiger partial charge in [0.1, 0.15) is 23.4 Å². The Morgan fingerprint density at radius 1 is 1.04 bits per heavy atom. The smallest absolute Gasteiger partial charge is 0.293 e. The van der Waals surface area contributed by atoms with E-state index in [1.54, 1.807) is 36.0 Å². The van der Waals surface area contributed by atoms with Crippen molar-refractivity contribution in [2.45, 2.75) is 23.2 Å². The summed E-state index contributed by atoms with van der Waals surface area (Å²) in [5.41, 5.74) is 3.26. The van der Waals surface area contributed by atoms with Crippen LogP contribution in [-0.4, -0.2) is 11.6 Å². The van der Waals surface area contributed by atoms with Crippen LogP contribution in [0, 0.1) is 6.92 Å². The zero-order valence-electron chi connectivity index (χ0n) is 15.9. The maximum atomic E-state index is 9.61. The third-order valence-electron chi connectivity index (χ3n) is 4.31. The molecule has 3 aromatic rings. The minimum atomic E-state index is -0.183. The summed E-state index contributed by atoms with van der Waals surface area (Å²) in [6.45, 7) is 2.05. The summed E-state index contributed by atoms with van der Waals surface area (Å²) in [4.78, 5) is 2.08. The Morgan fingerprint density at radius 3 is 2.29 bits per heavy atom. The Balaban J connectivity index is 0.000000755. The lowest BCUT2D eigenvalue weighted by molar-refractivity contribution is 0.190. The Labute approximate surface area is 190 Å². The number of hydrogen-bond donors (Lipinski definition) is 2. The average Bonchev–Trinajstić information content (AvgIpc) is 2.74. The highest BCUT2D eigenvalue weighted by Gasteiger charge is 2.33. The van der Waals surface area contributed by atoms with Crippen LogP contribution < -0.4 is 4.74 Å². The number of benzene rings is 3. The summed E-state index contributed by atoms with van der Waals surface area (Å²) < 4.78 is 13.4. The number of halogens is 1. The SMILES string of the molecule is S=PI.[3H]Oc1ccc([C@@H]2Sc3ccc(C)cc3O[C@@H]2c2ccc(O)cc2)cc1. The number of phenols is 2. The summed E-state index contributed by atoms with van der Waals surface area (Å²) in [5, 5.41) is 14.2. The molecule has 0 saturated heterocycles. The maximum absolute atomic E-state index is 9.61. The van der Waals surface area contributed by atoms with E-state index in [-0.39, 0.29) is 17.1 Å². The number of hydrogen-bond acceptors (Lipinski definition) is 5. The Morgan fingerprint density at radius 2 is 1.64 bits per heavy atom. The monoisotopic (exact) mass is 542 g/mol. The van der Waals surface area contributed by atoms with Crippen molar-refractivity contribution < 1.29 is 15.0 Å². The van der Waals surface area contributed by atoms with Gasteiger partial charge in [0, 0.05) is 5.00 Å². The highest BCUT2D eigenvalue weighted by Crippen LogP contribution is 2.53. The van der Waals surface area contributed by atoms with Crippen LogP contribution in [0.15, 0.2) is 71.6 Å². The van der Waals surface area contributed by atoms with E-state index in [1.165, 1.54) is 0 Å². The summed E-state index contributed by atoms with van der Waals surface area (Å²) in [5.74, 6) is 1.63. The zero-order valence-corrected chi connectivity index (χ0v) is 19.6. The summed E-state index contributed by atoms with van der Waals surface area (Å²) in [6.07, 6.45) is -0.183. The van der Waals surface area contributed by atoms with Gasteiger partial charge in [0.15, 0.2) is 0 Å². The molecule has 28 heavy (non-hydrogen) atoms. The van der Waals surface area contributed by atoms with Gasteiger partial charge >= 0.3 is 0 Å². The first kappa shape index (κ1) is 20.0. The molecule has 0 saturated carbocycles. The minimum absolute atomic E-state index is 0.0505. The fraction of sp³-hybridized carbons (Fsp3) is 0.143. The molecule has 0 radical (unpaired) electrons. The highest BCUT2D eigenvalue weighted by atomic mass is 127. The summed E-state index contributed by atoms with van der Waals surface area (Å²) >= 11 is 8.19. The third-order valence-corrected chi connectivity index (χ3v) is 5.68. The third kappa shape index (κ3) is 5.17. The second-order valence-electron chi connectivity index (χ2n) is 6.26. The molecule has 144 valence electrons. The molecular formula is C21H18IO3PS2. The fourth-order valence-electron chi connectivity index (χ4n) is 3.01. The van der Waals surface area contributed by atoms with Crippen molar-refractivity contribution in [1.29, 1.82) is 1.43 Å². The van der Waals surface area contributed by atoms with Gasteiger partial charge in [0.25, 0.3) is 1.43 Å². The van der Waals surface area contributed by atoms with E-state index >= 15 is 0 Å². The average molecular weight is 542 g/mol. The fourth-order valence-corrected chi connectivity index (χ4v) is 4.28. The number of rotatable bonds is 3. The Bertz CT molecular complexity index is 971. The van der Waals surface area contributed by atoms with Crippen molar-refractivity contribution in [3.05, 3.63) is 83.4 Å². The van der Waals surface area contributed by atoms with Crippen LogP contribution in [0.3, 0.4) is 0 Å². The van der Waals surface area contributed by atoms with Crippen LogP contribution in [0.25, 0.3) is 0 Å². The molecule has 2 N–H and O–H groups in total. The van der Waals surface area contributed by atoms with Crippen LogP contribution in [-0.2, 0) is 11.8 Å². The topological polar surface area (TPSA) is 49.7 Å². The van der Waals surface area contributed by atoms with Gasteiger partial charge in [-0.1, -0.05) is 30.3 Å². The standard InChI is InChI=1S/C21H18O3S.IPS/c1-13-2-11-19-18(12-13)24-20(14-3-7-16(22)8-4-14)21(25-19)15-5-9-17(23)10-6-15;1-2-3/h2-12,20-23H,1H3;/t20-,21+;/m1./s1/i/hT. The minimum Gasteiger partial charge on any atom is -0.508 e. The predicted molar refractivity (Wildman–Crippen MR) is 128 cm³/mol. The Hall–Kier alpha value is -1.34. The quantitative estimate of drug-likeness (QED) is 0.273. The van der Waals surface area contributed by atoms with E-state index in [1.807, 2.05) is 24.3 Å². The molecule has 0 unspecified atom stereocenters. The molecule has 0 spiro atoms. The van der Waals surface area contributed by atoms with E-state index in [4.69, 9.17) is 6.17 Å². The van der Waals surface area contributed by atoms with Gasteiger partial charge in [0.2, 0.25) is 0 Å². The normalized spacial score (nSPS) is 18.1. The number of ether oxygens (including phenoxy) is 1. The van der Waals surface area contributed by atoms with Gasteiger partial charge < -0.3 is 15.0 Å². The van der Waals surface area contributed by atoms with Gasteiger partial charge in [-0.25, -0.2) is 0 Å². The van der Waals surface area contributed by atoms with Gasteiger partial charge in [-0.05, 0) is 93.9 Å². The molecule has 1 aliphatic rings. The molecule has 0 amide bonds. The molecule has 1 heterocycles. The first-order chi connectivity index (χ1) is 14.0. The molecular weight excluding hydrogens is 522 g/mol. The van der Waals surface area contributed by atoms with Crippen molar-refractivity contribution >= 4 is 50.6 Å². The van der Waals surface area contributed by atoms with Crippen LogP contribution in [0.4, 0.5) is 0 Å². The largest absolute Gasteiger partial charge is 0.508 e. The molecule has 7 heteroatoms. The van der Waals surface area contributed by atoms with Crippen molar-refractivity contribution in [3.8, 4) is 17.2 Å². The number of aromatic hydroxyl groups is 2. The number of aryl methyl sites for hydroxylation is 1. The van der Waals surface area contributed by atoms with Crippen LogP contribution >= 0.6 is 38.8 Å².